The lowest BCUT2D eigenvalue weighted by atomic mass is 10.2. The minimum atomic E-state index is -0.457. The minimum absolute atomic E-state index is 0.174. The van der Waals surface area contributed by atoms with Crippen LogP contribution < -0.4 is 0 Å². The van der Waals surface area contributed by atoms with Crippen molar-refractivity contribution in [2.24, 2.45) is 0 Å². The molecular weight excluding hydrogens is 270 g/mol. The van der Waals surface area contributed by atoms with Crippen LogP contribution in [-0.2, 0) is 6.54 Å². The maximum Gasteiger partial charge on any atom is 0.130 e. The van der Waals surface area contributed by atoms with Crippen molar-refractivity contribution in [2.45, 2.75) is 13.0 Å². The monoisotopic (exact) mass is 288 g/mol. The fourth-order valence-corrected chi connectivity index (χ4v) is 2.67. The first-order chi connectivity index (χ1) is 9.20. The quantitative estimate of drug-likeness (QED) is 0.786. The molecule has 2 rings (SSSR count). The highest BCUT2D eigenvalue weighted by atomic mass is 35.5. The molecule has 0 atom stereocenters. The summed E-state index contributed by atoms with van der Waals surface area (Å²) in [4.78, 5) is 4.40. The number of benzene rings is 1. The van der Waals surface area contributed by atoms with Crippen LogP contribution in [0.3, 0.4) is 0 Å². The molecule has 1 aromatic rings. The zero-order valence-corrected chi connectivity index (χ0v) is 11.7. The van der Waals surface area contributed by atoms with Crippen LogP contribution in [0.1, 0.15) is 12.0 Å². The van der Waals surface area contributed by atoms with Gasteiger partial charge in [0.1, 0.15) is 11.6 Å². The standard InChI is InChI=1S/C14H19ClF2N2/c15-5-8-18-6-2-7-19(10-9-18)11-12-13(16)3-1-4-14(12)17/h1,3-4H,2,5-11H2. The molecule has 0 amide bonds. The fraction of sp³-hybridized carbons (Fsp3) is 0.571. The van der Waals surface area contributed by atoms with Crippen LogP contribution in [0.5, 0.6) is 0 Å². The average molecular weight is 289 g/mol. The molecule has 2 nitrogen and oxygen atoms in total. The van der Waals surface area contributed by atoms with E-state index in [1.807, 2.05) is 0 Å². The number of alkyl halides is 1. The first-order valence-electron chi connectivity index (χ1n) is 6.64. The third kappa shape index (κ3) is 4.13. The van der Waals surface area contributed by atoms with Gasteiger partial charge in [0.25, 0.3) is 0 Å². The zero-order chi connectivity index (χ0) is 13.7. The van der Waals surface area contributed by atoms with Crippen molar-refractivity contribution in [1.82, 2.24) is 9.80 Å². The number of rotatable bonds is 4. The highest BCUT2D eigenvalue weighted by molar-refractivity contribution is 6.18. The van der Waals surface area contributed by atoms with Gasteiger partial charge in [-0.2, -0.15) is 0 Å². The van der Waals surface area contributed by atoms with Crippen LogP contribution in [0, 0.1) is 11.6 Å². The van der Waals surface area contributed by atoms with Gasteiger partial charge in [-0.3, -0.25) is 4.90 Å². The summed E-state index contributed by atoms with van der Waals surface area (Å²) in [6.45, 7) is 4.82. The molecule has 0 radical (unpaired) electrons. The molecule has 1 fully saturated rings. The van der Waals surface area contributed by atoms with Crippen molar-refractivity contribution in [1.29, 1.82) is 0 Å². The van der Waals surface area contributed by atoms with Crippen LogP contribution in [-0.4, -0.2) is 48.4 Å². The molecule has 1 heterocycles. The zero-order valence-electron chi connectivity index (χ0n) is 10.9. The average Bonchev–Trinajstić information content (AvgIpc) is 2.60. The SMILES string of the molecule is Fc1cccc(F)c1CN1CCCN(CCCl)CC1. The van der Waals surface area contributed by atoms with E-state index in [1.54, 1.807) is 0 Å². The van der Waals surface area contributed by atoms with Crippen LogP contribution in [0.25, 0.3) is 0 Å². The Kier molecular flexibility index (Phi) is 5.55. The van der Waals surface area contributed by atoms with E-state index in [2.05, 4.69) is 9.80 Å². The van der Waals surface area contributed by atoms with Gasteiger partial charge in [-0.05, 0) is 31.6 Å². The summed E-state index contributed by atoms with van der Waals surface area (Å²) < 4.78 is 27.2. The lowest BCUT2D eigenvalue weighted by Crippen LogP contribution is -2.32. The van der Waals surface area contributed by atoms with Gasteiger partial charge in [-0.15, -0.1) is 11.6 Å². The second-order valence-electron chi connectivity index (χ2n) is 4.86. The molecule has 1 saturated heterocycles. The summed E-state index contributed by atoms with van der Waals surface area (Å²) in [5.41, 5.74) is 0.174. The number of nitrogens with zero attached hydrogens (tertiary/aromatic N) is 2. The van der Waals surface area contributed by atoms with E-state index in [9.17, 15) is 8.78 Å². The maximum absolute atomic E-state index is 13.6. The van der Waals surface area contributed by atoms with Crippen LogP contribution >= 0.6 is 11.6 Å². The third-order valence-corrected chi connectivity index (χ3v) is 3.69. The normalized spacial score (nSPS) is 18.5. The molecule has 1 aromatic carbocycles. The molecular formula is C14H19ClF2N2. The largest absolute Gasteiger partial charge is 0.301 e. The summed E-state index contributed by atoms with van der Waals surface area (Å²) in [5.74, 6) is -0.286. The molecule has 0 aliphatic carbocycles. The lowest BCUT2D eigenvalue weighted by molar-refractivity contribution is 0.252. The molecule has 0 N–H and O–H groups in total. The molecule has 0 unspecified atom stereocenters. The van der Waals surface area contributed by atoms with Gasteiger partial charge in [-0.1, -0.05) is 6.07 Å². The Hall–Kier alpha value is -0.710. The van der Waals surface area contributed by atoms with Crippen molar-refractivity contribution in [3.8, 4) is 0 Å². The van der Waals surface area contributed by atoms with E-state index in [4.69, 9.17) is 11.6 Å². The number of halogens is 3. The van der Waals surface area contributed by atoms with Gasteiger partial charge in [-0.25, -0.2) is 8.78 Å². The van der Waals surface area contributed by atoms with Crippen LogP contribution in [0.2, 0.25) is 0 Å². The second-order valence-corrected chi connectivity index (χ2v) is 5.24. The van der Waals surface area contributed by atoms with Crippen molar-refractivity contribution in [2.75, 3.05) is 38.6 Å². The molecule has 0 spiro atoms. The van der Waals surface area contributed by atoms with E-state index < -0.39 is 11.6 Å². The van der Waals surface area contributed by atoms with Crippen molar-refractivity contribution < 1.29 is 8.78 Å². The van der Waals surface area contributed by atoms with E-state index in [0.717, 1.165) is 39.1 Å². The summed E-state index contributed by atoms with van der Waals surface area (Å²) in [6, 6.07) is 4.03. The topological polar surface area (TPSA) is 6.48 Å². The van der Waals surface area contributed by atoms with Crippen molar-refractivity contribution in [3.05, 3.63) is 35.4 Å². The minimum Gasteiger partial charge on any atom is -0.301 e. The second kappa shape index (κ2) is 7.17. The molecule has 5 heteroatoms. The van der Waals surface area contributed by atoms with Crippen molar-refractivity contribution >= 4 is 11.6 Å². The van der Waals surface area contributed by atoms with Gasteiger partial charge in [0.15, 0.2) is 0 Å². The third-order valence-electron chi connectivity index (χ3n) is 3.53. The number of hydrogen-bond donors (Lipinski definition) is 0. The Morgan fingerprint density at radius 3 is 2.32 bits per heavy atom. The van der Waals surface area contributed by atoms with E-state index in [0.29, 0.717) is 12.4 Å². The van der Waals surface area contributed by atoms with E-state index in [-0.39, 0.29) is 5.56 Å². The molecule has 1 aliphatic heterocycles. The Bertz CT molecular complexity index is 394. The summed E-state index contributed by atoms with van der Waals surface area (Å²) in [6.07, 6.45) is 1.01. The predicted octanol–water partition coefficient (Wildman–Crippen LogP) is 2.71. The van der Waals surface area contributed by atoms with Crippen LogP contribution in [0.4, 0.5) is 8.78 Å². The van der Waals surface area contributed by atoms with E-state index in [1.165, 1.54) is 18.2 Å². The Labute approximate surface area is 117 Å². The van der Waals surface area contributed by atoms with Gasteiger partial charge in [0.2, 0.25) is 0 Å². The Morgan fingerprint density at radius 2 is 1.63 bits per heavy atom. The maximum atomic E-state index is 13.6. The van der Waals surface area contributed by atoms with Crippen molar-refractivity contribution in [3.63, 3.8) is 0 Å². The summed E-state index contributed by atoms with van der Waals surface area (Å²) in [7, 11) is 0. The first-order valence-corrected chi connectivity index (χ1v) is 7.17. The lowest BCUT2D eigenvalue weighted by Gasteiger charge is -2.21. The Balaban J connectivity index is 1.96. The first kappa shape index (κ1) is 14.7. The molecule has 0 saturated carbocycles. The molecule has 19 heavy (non-hydrogen) atoms. The molecule has 0 aromatic heterocycles. The highest BCUT2D eigenvalue weighted by Crippen LogP contribution is 2.16. The Morgan fingerprint density at radius 1 is 1.00 bits per heavy atom. The van der Waals surface area contributed by atoms with Gasteiger partial charge >= 0.3 is 0 Å². The van der Waals surface area contributed by atoms with Crippen LogP contribution in [0.15, 0.2) is 18.2 Å². The van der Waals surface area contributed by atoms with E-state index >= 15 is 0 Å². The highest BCUT2D eigenvalue weighted by Gasteiger charge is 2.17. The van der Waals surface area contributed by atoms with Gasteiger partial charge in [0.05, 0.1) is 0 Å². The molecule has 1 aliphatic rings. The molecule has 106 valence electrons. The molecule has 0 bridgehead atoms. The number of hydrogen-bond acceptors (Lipinski definition) is 2. The van der Waals surface area contributed by atoms with Gasteiger partial charge in [0, 0.05) is 37.6 Å². The fourth-order valence-electron chi connectivity index (χ4n) is 2.43. The smallest absolute Gasteiger partial charge is 0.130 e. The summed E-state index contributed by atoms with van der Waals surface area (Å²) in [5, 5.41) is 0. The predicted molar refractivity (Wildman–Crippen MR) is 73.4 cm³/mol. The van der Waals surface area contributed by atoms with Gasteiger partial charge < -0.3 is 4.90 Å². The summed E-state index contributed by atoms with van der Waals surface area (Å²) >= 11 is 5.74.